The second kappa shape index (κ2) is 7.48. The zero-order valence-electron chi connectivity index (χ0n) is 12.4. The first-order valence-corrected chi connectivity index (χ1v) is 7.21. The van der Waals surface area contributed by atoms with Gasteiger partial charge in [0.2, 0.25) is 11.8 Å². The zero-order chi connectivity index (χ0) is 14.3. The molecule has 0 saturated carbocycles. The van der Waals surface area contributed by atoms with Crippen LogP contribution in [0.3, 0.4) is 0 Å². The van der Waals surface area contributed by atoms with E-state index in [0.29, 0.717) is 13.0 Å². The van der Waals surface area contributed by atoms with Crippen molar-refractivity contribution in [1.29, 1.82) is 0 Å². The van der Waals surface area contributed by atoms with E-state index in [1.807, 2.05) is 0 Å². The van der Waals surface area contributed by atoms with E-state index in [1.165, 1.54) is 0 Å². The van der Waals surface area contributed by atoms with E-state index in [1.54, 1.807) is 19.0 Å². The van der Waals surface area contributed by atoms with Gasteiger partial charge in [-0.3, -0.25) is 9.59 Å². The summed E-state index contributed by atoms with van der Waals surface area (Å²) < 4.78 is 0. The van der Waals surface area contributed by atoms with Crippen LogP contribution in [0.4, 0.5) is 0 Å². The molecule has 0 aliphatic carbocycles. The van der Waals surface area contributed by atoms with Crippen LogP contribution in [-0.4, -0.2) is 50.4 Å². The number of amides is 2. The number of hydrogen-bond acceptors (Lipinski definition) is 3. The van der Waals surface area contributed by atoms with Gasteiger partial charge in [-0.2, -0.15) is 0 Å². The molecule has 0 aromatic heterocycles. The molecular formula is C14H27N3O2. The van der Waals surface area contributed by atoms with Gasteiger partial charge in [0, 0.05) is 33.6 Å². The summed E-state index contributed by atoms with van der Waals surface area (Å²) in [6, 6.07) is 0. The minimum absolute atomic E-state index is 0.0478. The maximum Gasteiger partial charge on any atom is 0.227 e. The van der Waals surface area contributed by atoms with Crippen molar-refractivity contribution in [3.05, 3.63) is 0 Å². The van der Waals surface area contributed by atoms with E-state index in [9.17, 15) is 9.59 Å². The Balaban J connectivity index is 2.46. The van der Waals surface area contributed by atoms with Gasteiger partial charge in [0.25, 0.3) is 0 Å². The SMILES string of the molecule is CCCC1(C(=O)NCCC(=O)N(C)C)CCCNC1. The number of nitrogens with zero attached hydrogens (tertiary/aromatic N) is 1. The number of nitrogens with one attached hydrogen (secondary N) is 2. The van der Waals surface area contributed by atoms with Crippen molar-refractivity contribution in [2.24, 2.45) is 5.41 Å². The number of rotatable bonds is 6. The molecule has 19 heavy (non-hydrogen) atoms. The Morgan fingerprint density at radius 3 is 2.63 bits per heavy atom. The van der Waals surface area contributed by atoms with Crippen molar-refractivity contribution < 1.29 is 9.59 Å². The average molecular weight is 269 g/mol. The zero-order valence-corrected chi connectivity index (χ0v) is 12.4. The average Bonchev–Trinajstić information content (AvgIpc) is 2.39. The summed E-state index contributed by atoms with van der Waals surface area (Å²) in [6.45, 7) is 4.30. The van der Waals surface area contributed by atoms with Crippen LogP contribution in [-0.2, 0) is 9.59 Å². The Kier molecular flexibility index (Phi) is 6.28. The molecule has 1 unspecified atom stereocenters. The number of hydrogen-bond donors (Lipinski definition) is 2. The molecule has 110 valence electrons. The van der Waals surface area contributed by atoms with E-state index < -0.39 is 0 Å². The van der Waals surface area contributed by atoms with Crippen molar-refractivity contribution in [3.63, 3.8) is 0 Å². The summed E-state index contributed by atoms with van der Waals surface area (Å²) in [4.78, 5) is 25.4. The monoisotopic (exact) mass is 269 g/mol. The van der Waals surface area contributed by atoms with E-state index in [-0.39, 0.29) is 17.2 Å². The van der Waals surface area contributed by atoms with Crippen molar-refractivity contribution in [2.45, 2.75) is 39.0 Å². The van der Waals surface area contributed by atoms with Crippen LogP contribution in [0.25, 0.3) is 0 Å². The van der Waals surface area contributed by atoms with Crippen LogP contribution in [0.5, 0.6) is 0 Å². The van der Waals surface area contributed by atoms with Crippen LogP contribution in [0, 0.1) is 5.41 Å². The second-order valence-electron chi connectivity index (χ2n) is 5.60. The maximum atomic E-state index is 12.4. The van der Waals surface area contributed by atoms with Gasteiger partial charge in [0.05, 0.1) is 5.41 Å². The summed E-state index contributed by atoms with van der Waals surface area (Å²) in [6.07, 6.45) is 4.28. The number of carbonyl (C=O) groups excluding carboxylic acids is 2. The van der Waals surface area contributed by atoms with E-state index in [4.69, 9.17) is 0 Å². The van der Waals surface area contributed by atoms with E-state index >= 15 is 0 Å². The standard InChI is InChI=1S/C14H27N3O2/c1-4-7-14(8-5-9-15-11-14)13(19)16-10-6-12(18)17(2)3/h15H,4-11H2,1-3H3,(H,16,19). The first-order valence-electron chi connectivity index (χ1n) is 7.21. The smallest absolute Gasteiger partial charge is 0.227 e. The Morgan fingerprint density at radius 2 is 2.11 bits per heavy atom. The predicted molar refractivity (Wildman–Crippen MR) is 75.8 cm³/mol. The Bertz CT molecular complexity index is 304. The van der Waals surface area contributed by atoms with Crippen molar-refractivity contribution >= 4 is 11.8 Å². The fourth-order valence-electron chi connectivity index (χ4n) is 2.66. The number of carbonyl (C=O) groups is 2. The highest BCUT2D eigenvalue weighted by Crippen LogP contribution is 2.31. The minimum Gasteiger partial charge on any atom is -0.355 e. The lowest BCUT2D eigenvalue weighted by Gasteiger charge is -2.36. The molecular weight excluding hydrogens is 242 g/mol. The lowest BCUT2D eigenvalue weighted by molar-refractivity contribution is -0.133. The minimum atomic E-state index is -0.270. The highest BCUT2D eigenvalue weighted by molar-refractivity contribution is 5.83. The van der Waals surface area contributed by atoms with Crippen LogP contribution >= 0.6 is 0 Å². The van der Waals surface area contributed by atoms with Gasteiger partial charge in [0.15, 0.2) is 0 Å². The normalized spacial score (nSPS) is 22.9. The molecule has 0 aromatic carbocycles. The fourth-order valence-corrected chi connectivity index (χ4v) is 2.66. The van der Waals surface area contributed by atoms with Crippen LogP contribution < -0.4 is 10.6 Å². The summed E-state index contributed by atoms with van der Waals surface area (Å²) in [5.41, 5.74) is -0.270. The third-order valence-corrected chi connectivity index (χ3v) is 3.81. The summed E-state index contributed by atoms with van der Waals surface area (Å²) >= 11 is 0. The van der Waals surface area contributed by atoms with Crippen LogP contribution in [0.1, 0.15) is 39.0 Å². The third kappa shape index (κ3) is 4.49. The largest absolute Gasteiger partial charge is 0.355 e. The fraction of sp³-hybridized carbons (Fsp3) is 0.857. The lowest BCUT2D eigenvalue weighted by atomic mass is 9.76. The molecule has 0 bridgehead atoms. The Morgan fingerprint density at radius 1 is 1.37 bits per heavy atom. The number of piperidine rings is 1. The molecule has 1 atom stereocenters. The van der Waals surface area contributed by atoms with Crippen LogP contribution in [0.2, 0.25) is 0 Å². The maximum absolute atomic E-state index is 12.4. The van der Waals surface area contributed by atoms with Crippen molar-refractivity contribution in [1.82, 2.24) is 15.5 Å². The Hall–Kier alpha value is -1.10. The molecule has 0 radical (unpaired) electrons. The highest BCUT2D eigenvalue weighted by Gasteiger charge is 2.38. The van der Waals surface area contributed by atoms with Gasteiger partial charge in [-0.25, -0.2) is 0 Å². The Labute approximate surface area is 116 Å². The summed E-state index contributed by atoms with van der Waals surface area (Å²) in [5, 5.41) is 6.26. The highest BCUT2D eigenvalue weighted by atomic mass is 16.2. The molecule has 1 fully saturated rings. The topological polar surface area (TPSA) is 61.4 Å². The molecule has 1 heterocycles. The molecule has 1 aliphatic rings. The van der Waals surface area contributed by atoms with Gasteiger partial charge in [-0.15, -0.1) is 0 Å². The summed E-state index contributed by atoms with van der Waals surface area (Å²) in [5.74, 6) is 0.153. The van der Waals surface area contributed by atoms with Gasteiger partial charge >= 0.3 is 0 Å². The van der Waals surface area contributed by atoms with Gasteiger partial charge in [-0.05, 0) is 25.8 Å². The molecule has 5 heteroatoms. The lowest BCUT2D eigenvalue weighted by Crippen LogP contribution is -2.50. The van der Waals surface area contributed by atoms with Crippen molar-refractivity contribution in [3.8, 4) is 0 Å². The van der Waals surface area contributed by atoms with Gasteiger partial charge in [0.1, 0.15) is 0 Å². The summed E-state index contributed by atoms with van der Waals surface area (Å²) in [7, 11) is 3.46. The quantitative estimate of drug-likeness (QED) is 0.748. The molecule has 2 amide bonds. The van der Waals surface area contributed by atoms with E-state index in [2.05, 4.69) is 17.6 Å². The molecule has 1 saturated heterocycles. The first kappa shape index (κ1) is 16.0. The first-order chi connectivity index (χ1) is 9.02. The third-order valence-electron chi connectivity index (χ3n) is 3.81. The second-order valence-corrected chi connectivity index (χ2v) is 5.60. The molecule has 1 aliphatic heterocycles. The van der Waals surface area contributed by atoms with Gasteiger partial charge < -0.3 is 15.5 Å². The predicted octanol–water partition coefficient (Wildman–Crippen LogP) is 0.751. The van der Waals surface area contributed by atoms with Crippen LogP contribution in [0.15, 0.2) is 0 Å². The molecule has 0 spiro atoms. The molecule has 5 nitrogen and oxygen atoms in total. The van der Waals surface area contributed by atoms with Gasteiger partial charge in [-0.1, -0.05) is 13.3 Å². The molecule has 1 rings (SSSR count). The van der Waals surface area contributed by atoms with E-state index in [0.717, 1.165) is 38.8 Å². The molecule has 2 N–H and O–H groups in total. The van der Waals surface area contributed by atoms with Crippen molar-refractivity contribution in [2.75, 3.05) is 33.7 Å². The molecule has 0 aromatic rings.